The van der Waals surface area contributed by atoms with Crippen LogP contribution in [-0.4, -0.2) is 40.7 Å². The molecule has 0 spiro atoms. The molecule has 6 nitrogen and oxygen atoms in total. The van der Waals surface area contributed by atoms with Crippen LogP contribution in [0.1, 0.15) is 36.5 Å². The molecule has 0 saturated carbocycles. The Hall–Kier alpha value is -2.06. The fourth-order valence-corrected chi connectivity index (χ4v) is 3.31. The summed E-state index contributed by atoms with van der Waals surface area (Å²) < 4.78 is 17.7. The van der Waals surface area contributed by atoms with Crippen LogP contribution in [0.4, 0.5) is 4.39 Å². The summed E-state index contributed by atoms with van der Waals surface area (Å²) in [7, 11) is 0. The van der Waals surface area contributed by atoms with Gasteiger partial charge in [0.2, 0.25) is 0 Å². The number of carbonyl (C=O) groups is 4. The Bertz CT molecular complexity index is 670. The van der Waals surface area contributed by atoms with Crippen molar-refractivity contribution in [1.29, 1.82) is 0 Å². The lowest BCUT2D eigenvalue weighted by atomic mass is 10.1. The molecule has 1 fully saturated rings. The summed E-state index contributed by atoms with van der Waals surface area (Å²) >= 11 is 0.684. The number of nitrogens with one attached hydrogen (secondary N) is 1. The molecule has 0 aliphatic carbocycles. The van der Waals surface area contributed by atoms with E-state index in [4.69, 9.17) is 4.74 Å². The maximum absolute atomic E-state index is 13.0. The number of halogens is 1. The highest BCUT2D eigenvalue weighted by atomic mass is 32.2. The van der Waals surface area contributed by atoms with Gasteiger partial charge in [-0.2, -0.15) is 0 Å². The van der Waals surface area contributed by atoms with E-state index in [1.807, 2.05) is 0 Å². The maximum atomic E-state index is 13.0. The van der Waals surface area contributed by atoms with Crippen LogP contribution < -0.4 is 5.32 Å². The van der Waals surface area contributed by atoms with Crippen LogP contribution in [0, 0.1) is 5.82 Å². The van der Waals surface area contributed by atoms with Crippen molar-refractivity contribution in [2.45, 2.75) is 37.5 Å². The van der Waals surface area contributed by atoms with Crippen LogP contribution in [0.5, 0.6) is 0 Å². The van der Waals surface area contributed by atoms with E-state index in [9.17, 15) is 23.6 Å². The Morgan fingerprint density at radius 2 is 1.96 bits per heavy atom. The molecule has 2 rings (SSSR count). The monoisotopic (exact) mass is 367 g/mol. The lowest BCUT2D eigenvalue weighted by molar-refractivity contribution is -0.160. The molecule has 0 amide bonds. The summed E-state index contributed by atoms with van der Waals surface area (Å²) in [6, 6.07) is 4.29. The molecule has 0 aromatic heterocycles. The highest BCUT2D eigenvalue weighted by Crippen LogP contribution is 2.22. The van der Waals surface area contributed by atoms with Crippen LogP contribution in [-0.2, 0) is 19.1 Å². The number of Topliss-reactive ketones (excluding diaryl/α,β-unsaturated/α-hetero) is 1. The minimum atomic E-state index is -1.03. The molecule has 1 saturated heterocycles. The summed E-state index contributed by atoms with van der Waals surface area (Å²) in [6.45, 7) is 1.95. The summed E-state index contributed by atoms with van der Waals surface area (Å²) in [5.74, 6) is -2.54. The van der Waals surface area contributed by atoms with Crippen LogP contribution in [0.15, 0.2) is 24.3 Å². The van der Waals surface area contributed by atoms with E-state index in [1.54, 1.807) is 0 Å². The van der Waals surface area contributed by atoms with Crippen molar-refractivity contribution in [2.24, 2.45) is 0 Å². The molecule has 0 radical (unpaired) electrons. The Morgan fingerprint density at radius 1 is 1.28 bits per heavy atom. The number of rotatable bonds is 6. The van der Waals surface area contributed by atoms with Crippen LogP contribution in [0.3, 0.4) is 0 Å². The van der Waals surface area contributed by atoms with E-state index in [2.05, 4.69) is 5.32 Å². The highest BCUT2D eigenvalue weighted by molar-refractivity contribution is 8.14. The van der Waals surface area contributed by atoms with Crippen molar-refractivity contribution in [2.75, 3.05) is 6.54 Å². The number of hydrogen-bond acceptors (Lipinski definition) is 7. The van der Waals surface area contributed by atoms with Crippen molar-refractivity contribution in [1.82, 2.24) is 5.32 Å². The van der Waals surface area contributed by atoms with Gasteiger partial charge in [0.15, 0.2) is 10.9 Å². The summed E-state index contributed by atoms with van der Waals surface area (Å²) in [5.41, 5.74) is 0.178. The van der Waals surface area contributed by atoms with Gasteiger partial charge in [-0.1, -0.05) is 11.8 Å². The Balaban J connectivity index is 2.02. The van der Waals surface area contributed by atoms with E-state index in [0.29, 0.717) is 24.7 Å². The molecule has 1 heterocycles. The zero-order valence-corrected chi connectivity index (χ0v) is 14.4. The zero-order chi connectivity index (χ0) is 18.4. The van der Waals surface area contributed by atoms with Gasteiger partial charge in [0.1, 0.15) is 11.9 Å². The minimum absolute atomic E-state index is 0.178. The third-order valence-corrected chi connectivity index (χ3v) is 4.64. The summed E-state index contributed by atoms with van der Waals surface area (Å²) in [6.07, 6.45) is 0.991. The molecular formula is C17H18FNO5S. The van der Waals surface area contributed by atoms with E-state index < -0.39 is 41.3 Å². The van der Waals surface area contributed by atoms with Gasteiger partial charge in [-0.15, -0.1) is 0 Å². The van der Waals surface area contributed by atoms with Crippen LogP contribution >= 0.6 is 11.8 Å². The molecule has 8 heteroatoms. The topological polar surface area (TPSA) is 89.5 Å². The second kappa shape index (κ2) is 8.87. The largest absolute Gasteiger partial charge is 0.392 e. The zero-order valence-electron chi connectivity index (χ0n) is 13.6. The first-order valence-electron chi connectivity index (χ1n) is 7.81. The second-order valence-electron chi connectivity index (χ2n) is 5.62. The van der Waals surface area contributed by atoms with Gasteiger partial charge in [0.25, 0.3) is 0 Å². The van der Waals surface area contributed by atoms with E-state index in [-0.39, 0.29) is 10.7 Å². The van der Waals surface area contributed by atoms with E-state index >= 15 is 0 Å². The number of benzene rings is 1. The number of hydrogen-bond donors (Lipinski definition) is 1. The van der Waals surface area contributed by atoms with Crippen molar-refractivity contribution >= 4 is 34.6 Å². The molecular weight excluding hydrogens is 349 g/mol. The van der Waals surface area contributed by atoms with Gasteiger partial charge in [0.05, 0.1) is 11.7 Å². The van der Waals surface area contributed by atoms with Crippen molar-refractivity contribution in [3.05, 3.63) is 35.6 Å². The van der Waals surface area contributed by atoms with Gasteiger partial charge < -0.3 is 10.1 Å². The molecule has 25 heavy (non-hydrogen) atoms. The number of carbonyl (C=O) groups excluding carboxylic acids is 4. The van der Waals surface area contributed by atoms with E-state index in [1.165, 1.54) is 19.1 Å². The predicted octanol–water partition coefficient (Wildman–Crippen LogP) is 1.87. The molecule has 2 atom stereocenters. The lowest BCUT2D eigenvalue weighted by Gasteiger charge is -2.14. The summed E-state index contributed by atoms with van der Waals surface area (Å²) in [4.78, 5) is 47.7. The minimum Gasteiger partial charge on any atom is -0.392 e. The van der Waals surface area contributed by atoms with Gasteiger partial charge in [-0.3, -0.25) is 14.4 Å². The molecule has 1 aromatic carbocycles. The molecule has 1 aliphatic heterocycles. The first-order chi connectivity index (χ1) is 11.9. The van der Waals surface area contributed by atoms with Crippen LogP contribution in [0.2, 0.25) is 0 Å². The van der Waals surface area contributed by atoms with Gasteiger partial charge in [-0.05, 0) is 43.7 Å². The SMILES string of the molecule is CC(=O)SC(CC(=O)OC(=O)[C@@H]1CCCN1)C(=O)c1ccc(F)cc1. The predicted molar refractivity (Wildman–Crippen MR) is 89.5 cm³/mol. The Morgan fingerprint density at radius 3 is 2.52 bits per heavy atom. The first kappa shape index (κ1) is 19.3. The summed E-state index contributed by atoms with van der Waals surface area (Å²) in [5, 5.41) is 1.53. The average molecular weight is 367 g/mol. The fourth-order valence-electron chi connectivity index (χ4n) is 2.45. The first-order valence-corrected chi connectivity index (χ1v) is 8.69. The third kappa shape index (κ3) is 5.75. The smallest absolute Gasteiger partial charge is 0.330 e. The van der Waals surface area contributed by atoms with Crippen LogP contribution in [0.25, 0.3) is 0 Å². The Labute approximate surface area is 148 Å². The van der Waals surface area contributed by atoms with Crippen molar-refractivity contribution < 1.29 is 28.3 Å². The maximum Gasteiger partial charge on any atom is 0.330 e. The fraction of sp³-hybridized carbons (Fsp3) is 0.412. The van der Waals surface area contributed by atoms with Crippen molar-refractivity contribution in [3.8, 4) is 0 Å². The standard InChI is InChI=1S/C17H18FNO5S/c1-10(20)25-14(16(22)11-4-6-12(18)7-5-11)9-15(21)24-17(23)13-3-2-8-19-13/h4-7,13-14,19H,2-3,8-9H2,1H3/t13-,14?/m0/s1. The molecule has 1 N–H and O–H groups in total. The Kier molecular flexibility index (Phi) is 6.83. The second-order valence-corrected chi connectivity index (χ2v) is 7.00. The van der Waals surface area contributed by atoms with Gasteiger partial charge in [0, 0.05) is 12.5 Å². The number of thioether (sulfide) groups is 1. The number of ketones is 1. The third-order valence-electron chi connectivity index (χ3n) is 3.64. The highest BCUT2D eigenvalue weighted by Gasteiger charge is 2.30. The molecule has 1 aliphatic rings. The van der Waals surface area contributed by atoms with Gasteiger partial charge in [-0.25, -0.2) is 9.18 Å². The van der Waals surface area contributed by atoms with E-state index in [0.717, 1.165) is 18.6 Å². The quantitative estimate of drug-likeness (QED) is 0.466. The van der Waals surface area contributed by atoms with Crippen molar-refractivity contribution in [3.63, 3.8) is 0 Å². The normalized spacial score (nSPS) is 17.8. The average Bonchev–Trinajstić information content (AvgIpc) is 3.08. The lowest BCUT2D eigenvalue weighted by Crippen LogP contribution is -2.35. The molecule has 134 valence electrons. The van der Waals surface area contributed by atoms with Gasteiger partial charge >= 0.3 is 11.9 Å². The molecule has 0 bridgehead atoms. The molecule has 1 aromatic rings. The molecule has 1 unspecified atom stereocenters. The number of esters is 2. The number of ether oxygens (including phenoxy) is 1.